The number of nitrogens with one attached hydrogen (secondary N) is 1. The number of halogens is 1. The summed E-state index contributed by atoms with van der Waals surface area (Å²) in [6.45, 7) is 2.76. The lowest BCUT2D eigenvalue weighted by Crippen LogP contribution is -2.26. The number of anilines is 1. The third kappa shape index (κ3) is 3.53. The highest BCUT2D eigenvalue weighted by Crippen LogP contribution is 2.14. The minimum atomic E-state index is -0.201. The molecule has 1 heterocycles. The van der Waals surface area contributed by atoms with Gasteiger partial charge in [0, 0.05) is 23.8 Å². The van der Waals surface area contributed by atoms with Crippen molar-refractivity contribution in [3.05, 3.63) is 29.3 Å². The Morgan fingerprint density at radius 1 is 1.47 bits per heavy atom. The second-order valence-corrected chi connectivity index (χ2v) is 4.33. The van der Waals surface area contributed by atoms with E-state index in [0.717, 1.165) is 30.2 Å². The number of cyclic esters (lactones) is 1. The summed E-state index contributed by atoms with van der Waals surface area (Å²) in [6, 6.07) is 7.59. The molecule has 0 bridgehead atoms. The highest BCUT2D eigenvalue weighted by atomic mass is 35.5. The van der Waals surface area contributed by atoms with Crippen molar-refractivity contribution in [1.82, 2.24) is 4.90 Å². The highest BCUT2D eigenvalue weighted by molar-refractivity contribution is 6.30. The number of ether oxygens (including phenoxy) is 1. The van der Waals surface area contributed by atoms with E-state index in [2.05, 4.69) is 5.32 Å². The smallest absolute Gasteiger partial charge is 0.409 e. The summed E-state index contributed by atoms with van der Waals surface area (Å²) in [5.41, 5.74) is 1.00. The van der Waals surface area contributed by atoms with E-state index in [4.69, 9.17) is 16.3 Å². The quantitative estimate of drug-likeness (QED) is 0.822. The van der Waals surface area contributed by atoms with Crippen LogP contribution in [0.4, 0.5) is 10.5 Å². The minimum absolute atomic E-state index is 0.201. The molecule has 0 aliphatic carbocycles. The third-order valence-corrected chi connectivity index (χ3v) is 2.84. The Labute approximate surface area is 106 Å². The Balaban J connectivity index is 1.68. The summed E-state index contributed by atoms with van der Waals surface area (Å²) in [5.74, 6) is 0. The molecule has 1 aliphatic heterocycles. The first-order chi connectivity index (χ1) is 8.25. The summed E-state index contributed by atoms with van der Waals surface area (Å²) in [7, 11) is 0. The number of carbonyl (C=O) groups excluding carboxylic acids is 1. The molecule has 1 amide bonds. The zero-order valence-corrected chi connectivity index (χ0v) is 10.2. The Morgan fingerprint density at radius 3 is 3.06 bits per heavy atom. The predicted octanol–water partition coefficient (Wildman–Crippen LogP) is 2.59. The van der Waals surface area contributed by atoms with E-state index in [1.54, 1.807) is 4.90 Å². The van der Waals surface area contributed by atoms with Crippen molar-refractivity contribution < 1.29 is 9.53 Å². The maximum absolute atomic E-state index is 11.1. The van der Waals surface area contributed by atoms with Gasteiger partial charge in [-0.3, -0.25) is 0 Å². The molecule has 92 valence electrons. The Hall–Kier alpha value is -1.42. The lowest BCUT2D eigenvalue weighted by atomic mass is 10.3. The topological polar surface area (TPSA) is 41.6 Å². The number of rotatable bonds is 5. The van der Waals surface area contributed by atoms with E-state index in [1.807, 2.05) is 24.3 Å². The average molecular weight is 255 g/mol. The van der Waals surface area contributed by atoms with Crippen LogP contribution >= 0.6 is 11.6 Å². The van der Waals surface area contributed by atoms with Crippen LogP contribution in [-0.2, 0) is 4.74 Å². The number of carbonyl (C=O) groups is 1. The van der Waals surface area contributed by atoms with Crippen molar-refractivity contribution in [2.45, 2.75) is 6.42 Å². The van der Waals surface area contributed by atoms with Crippen LogP contribution in [0.3, 0.4) is 0 Å². The van der Waals surface area contributed by atoms with Crippen LogP contribution in [0, 0.1) is 0 Å². The molecule has 1 aromatic rings. The first-order valence-electron chi connectivity index (χ1n) is 5.67. The molecule has 4 nitrogen and oxygen atoms in total. The summed E-state index contributed by atoms with van der Waals surface area (Å²) < 4.78 is 4.85. The van der Waals surface area contributed by atoms with E-state index in [1.165, 1.54) is 0 Å². The zero-order valence-electron chi connectivity index (χ0n) is 9.49. The molecule has 5 heteroatoms. The zero-order chi connectivity index (χ0) is 12.1. The van der Waals surface area contributed by atoms with E-state index in [9.17, 15) is 4.79 Å². The Bertz CT molecular complexity index is 398. The van der Waals surface area contributed by atoms with Crippen LogP contribution in [0.25, 0.3) is 0 Å². The van der Waals surface area contributed by atoms with Gasteiger partial charge in [0.05, 0.1) is 6.54 Å². The Morgan fingerprint density at radius 2 is 2.35 bits per heavy atom. The molecule has 0 radical (unpaired) electrons. The molecular formula is C12H15ClN2O2. The van der Waals surface area contributed by atoms with Crippen LogP contribution in [0.2, 0.25) is 5.02 Å². The lowest BCUT2D eigenvalue weighted by Gasteiger charge is -2.12. The maximum atomic E-state index is 11.1. The molecule has 1 N–H and O–H groups in total. The van der Waals surface area contributed by atoms with Gasteiger partial charge in [-0.25, -0.2) is 4.79 Å². The molecule has 0 aromatic heterocycles. The maximum Gasteiger partial charge on any atom is 0.409 e. The minimum Gasteiger partial charge on any atom is -0.448 e. The van der Waals surface area contributed by atoms with Gasteiger partial charge in [-0.2, -0.15) is 0 Å². The number of hydrogen-bond donors (Lipinski definition) is 1. The van der Waals surface area contributed by atoms with Crippen molar-refractivity contribution in [3.63, 3.8) is 0 Å². The molecule has 1 fully saturated rings. The Kier molecular flexibility index (Phi) is 4.09. The molecular weight excluding hydrogens is 240 g/mol. The van der Waals surface area contributed by atoms with Gasteiger partial charge >= 0.3 is 6.09 Å². The van der Waals surface area contributed by atoms with Gasteiger partial charge in [0.25, 0.3) is 0 Å². The molecule has 1 saturated heterocycles. The highest BCUT2D eigenvalue weighted by Gasteiger charge is 2.20. The predicted molar refractivity (Wildman–Crippen MR) is 67.5 cm³/mol. The summed E-state index contributed by atoms with van der Waals surface area (Å²) in [5, 5.41) is 3.98. The lowest BCUT2D eigenvalue weighted by molar-refractivity contribution is 0.158. The van der Waals surface area contributed by atoms with Crippen molar-refractivity contribution in [1.29, 1.82) is 0 Å². The standard InChI is InChI=1S/C12H15ClN2O2/c13-10-3-1-4-11(9-10)14-5-2-6-15-7-8-17-12(15)16/h1,3-4,9,14H,2,5-8H2. The average Bonchev–Trinajstić information content (AvgIpc) is 2.71. The first kappa shape index (κ1) is 12.0. The van der Waals surface area contributed by atoms with Crippen LogP contribution in [-0.4, -0.2) is 37.2 Å². The summed E-state index contributed by atoms with van der Waals surface area (Å²) in [6.07, 6.45) is 0.689. The molecule has 17 heavy (non-hydrogen) atoms. The first-order valence-corrected chi connectivity index (χ1v) is 6.04. The molecule has 2 rings (SSSR count). The fraction of sp³-hybridized carbons (Fsp3) is 0.417. The van der Waals surface area contributed by atoms with Crippen molar-refractivity contribution in [2.24, 2.45) is 0 Å². The molecule has 1 aliphatic rings. The molecule has 0 unspecified atom stereocenters. The van der Waals surface area contributed by atoms with E-state index >= 15 is 0 Å². The second kappa shape index (κ2) is 5.77. The van der Waals surface area contributed by atoms with Gasteiger partial charge in [-0.1, -0.05) is 17.7 Å². The van der Waals surface area contributed by atoms with Gasteiger partial charge < -0.3 is 15.0 Å². The third-order valence-electron chi connectivity index (χ3n) is 2.60. The number of benzene rings is 1. The largest absolute Gasteiger partial charge is 0.448 e. The fourth-order valence-electron chi connectivity index (χ4n) is 1.73. The monoisotopic (exact) mass is 254 g/mol. The number of amides is 1. The fourth-order valence-corrected chi connectivity index (χ4v) is 1.92. The molecule has 0 atom stereocenters. The van der Waals surface area contributed by atoms with Gasteiger partial charge in [0.1, 0.15) is 6.61 Å². The summed E-state index contributed by atoms with van der Waals surface area (Å²) in [4.78, 5) is 12.9. The van der Waals surface area contributed by atoms with Crippen LogP contribution in [0.15, 0.2) is 24.3 Å². The van der Waals surface area contributed by atoms with Crippen LogP contribution in [0.5, 0.6) is 0 Å². The van der Waals surface area contributed by atoms with Crippen LogP contribution < -0.4 is 5.32 Å². The normalized spacial score (nSPS) is 14.9. The van der Waals surface area contributed by atoms with Gasteiger partial charge in [0.2, 0.25) is 0 Å². The molecule has 0 saturated carbocycles. The van der Waals surface area contributed by atoms with Crippen LogP contribution in [0.1, 0.15) is 6.42 Å². The van der Waals surface area contributed by atoms with E-state index in [-0.39, 0.29) is 6.09 Å². The van der Waals surface area contributed by atoms with Crippen molar-refractivity contribution in [3.8, 4) is 0 Å². The van der Waals surface area contributed by atoms with E-state index in [0.29, 0.717) is 13.2 Å². The van der Waals surface area contributed by atoms with Gasteiger partial charge in [-0.05, 0) is 24.6 Å². The van der Waals surface area contributed by atoms with Crippen molar-refractivity contribution >= 4 is 23.4 Å². The molecule has 1 aromatic carbocycles. The van der Waals surface area contributed by atoms with Gasteiger partial charge in [0.15, 0.2) is 0 Å². The SMILES string of the molecule is O=C1OCCN1CCCNc1cccc(Cl)c1. The molecule has 0 spiro atoms. The number of hydrogen-bond acceptors (Lipinski definition) is 3. The second-order valence-electron chi connectivity index (χ2n) is 3.89. The van der Waals surface area contributed by atoms with Gasteiger partial charge in [-0.15, -0.1) is 0 Å². The summed E-state index contributed by atoms with van der Waals surface area (Å²) >= 11 is 5.87. The number of nitrogens with zero attached hydrogens (tertiary/aromatic N) is 1. The van der Waals surface area contributed by atoms with E-state index < -0.39 is 0 Å². The van der Waals surface area contributed by atoms with Crippen molar-refractivity contribution in [2.75, 3.05) is 31.6 Å².